The first-order valence-corrected chi connectivity index (χ1v) is 10.9. The summed E-state index contributed by atoms with van der Waals surface area (Å²) in [4.78, 5) is 36.5. The summed E-state index contributed by atoms with van der Waals surface area (Å²) in [6, 6.07) is 20.0. The number of ether oxygens (including phenoxy) is 3. The summed E-state index contributed by atoms with van der Waals surface area (Å²) in [5.41, 5.74) is 3.58. The van der Waals surface area contributed by atoms with Crippen LogP contribution >= 0.6 is 0 Å². The van der Waals surface area contributed by atoms with Crippen molar-refractivity contribution < 1.29 is 28.6 Å². The Hall–Kier alpha value is -4.66. The molecular formula is C26H25N3O6. The van der Waals surface area contributed by atoms with Crippen molar-refractivity contribution in [3.05, 3.63) is 83.9 Å². The van der Waals surface area contributed by atoms with Gasteiger partial charge in [0.2, 0.25) is 0 Å². The SMILES string of the molecule is CCOc1ccc(NC(=O)C(=O)N/N=C\c2ccc(OC(=O)c3ccccc3)c(OCC)c2)cc1. The molecule has 0 aliphatic heterocycles. The minimum atomic E-state index is -0.937. The number of hydrogen-bond acceptors (Lipinski definition) is 7. The van der Waals surface area contributed by atoms with E-state index < -0.39 is 17.8 Å². The quantitative estimate of drug-likeness (QED) is 0.160. The average molecular weight is 476 g/mol. The van der Waals surface area contributed by atoms with Gasteiger partial charge >= 0.3 is 17.8 Å². The molecule has 2 amide bonds. The Morgan fingerprint density at radius 2 is 1.54 bits per heavy atom. The van der Waals surface area contributed by atoms with Gasteiger partial charge in [-0.3, -0.25) is 9.59 Å². The van der Waals surface area contributed by atoms with E-state index in [1.807, 2.05) is 6.92 Å². The van der Waals surface area contributed by atoms with Gasteiger partial charge in [0.15, 0.2) is 11.5 Å². The number of amides is 2. The minimum absolute atomic E-state index is 0.247. The highest BCUT2D eigenvalue weighted by molar-refractivity contribution is 6.39. The number of hydrazone groups is 1. The van der Waals surface area contributed by atoms with E-state index in [-0.39, 0.29) is 5.75 Å². The molecule has 9 nitrogen and oxygen atoms in total. The Morgan fingerprint density at radius 3 is 2.23 bits per heavy atom. The first-order chi connectivity index (χ1) is 17.0. The van der Waals surface area contributed by atoms with Gasteiger partial charge in [0.05, 0.1) is 25.0 Å². The molecule has 9 heteroatoms. The summed E-state index contributed by atoms with van der Waals surface area (Å²) in [5.74, 6) is -1.08. The van der Waals surface area contributed by atoms with E-state index in [4.69, 9.17) is 14.2 Å². The van der Waals surface area contributed by atoms with Crippen LogP contribution in [-0.4, -0.2) is 37.2 Å². The van der Waals surface area contributed by atoms with Crippen LogP contribution in [-0.2, 0) is 9.59 Å². The van der Waals surface area contributed by atoms with E-state index in [1.54, 1.807) is 79.7 Å². The number of carbonyl (C=O) groups is 3. The Bertz CT molecular complexity index is 1190. The first kappa shape index (κ1) is 25.0. The van der Waals surface area contributed by atoms with Crippen molar-refractivity contribution in [2.24, 2.45) is 5.10 Å². The highest BCUT2D eigenvalue weighted by Crippen LogP contribution is 2.29. The first-order valence-electron chi connectivity index (χ1n) is 10.9. The zero-order chi connectivity index (χ0) is 25.0. The molecule has 0 atom stereocenters. The third-order valence-electron chi connectivity index (χ3n) is 4.49. The molecule has 3 rings (SSSR count). The van der Waals surface area contributed by atoms with Crippen molar-refractivity contribution in [1.29, 1.82) is 0 Å². The molecular weight excluding hydrogens is 450 g/mol. The van der Waals surface area contributed by atoms with Gasteiger partial charge < -0.3 is 19.5 Å². The van der Waals surface area contributed by atoms with Crippen LogP contribution in [0.1, 0.15) is 29.8 Å². The predicted octanol–water partition coefficient (Wildman–Crippen LogP) is 3.79. The van der Waals surface area contributed by atoms with Crippen molar-refractivity contribution >= 4 is 29.7 Å². The standard InChI is InChI=1S/C26H25N3O6/c1-3-33-21-13-11-20(12-14-21)28-24(30)25(31)29-27-17-18-10-15-22(23(16-18)34-4-2)35-26(32)19-8-6-5-7-9-19/h5-17H,3-4H2,1-2H3,(H,28,30)(H,29,31)/b27-17-. The molecule has 0 heterocycles. The molecule has 0 fully saturated rings. The fourth-order valence-corrected chi connectivity index (χ4v) is 2.90. The van der Waals surface area contributed by atoms with Crippen LogP contribution in [0.15, 0.2) is 77.9 Å². The Kier molecular flexibility index (Phi) is 8.95. The predicted molar refractivity (Wildman–Crippen MR) is 131 cm³/mol. The number of esters is 1. The second-order valence-electron chi connectivity index (χ2n) is 7.01. The fraction of sp³-hybridized carbons (Fsp3) is 0.154. The smallest absolute Gasteiger partial charge is 0.343 e. The number of nitrogens with one attached hydrogen (secondary N) is 2. The third kappa shape index (κ3) is 7.43. The summed E-state index contributed by atoms with van der Waals surface area (Å²) in [6.45, 7) is 4.54. The topological polar surface area (TPSA) is 115 Å². The molecule has 0 spiro atoms. The molecule has 0 aliphatic rings. The molecule has 3 aromatic rings. The van der Waals surface area contributed by atoms with Crippen LogP contribution in [0.3, 0.4) is 0 Å². The second kappa shape index (κ2) is 12.5. The number of carbonyl (C=O) groups excluding carboxylic acids is 3. The molecule has 0 saturated heterocycles. The number of benzene rings is 3. The zero-order valence-corrected chi connectivity index (χ0v) is 19.3. The Balaban J connectivity index is 1.59. The molecule has 3 aromatic carbocycles. The molecule has 180 valence electrons. The largest absolute Gasteiger partial charge is 0.494 e. The Labute approximate surface area is 202 Å². The highest BCUT2D eigenvalue weighted by Gasteiger charge is 2.14. The van der Waals surface area contributed by atoms with E-state index in [1.165, 1.54) is 6.21 Å². The molecule has 0 radical (unpaired) electrons. The fourth-order valence-electron chi connectivity index (χ4n) is 2.90. The van der Waals surface area contributed by atoms with Gasteiger partial charge in [-0.25, -0.2) is 10.2 Å². The van der Waals surface area contributed by atoms with Crippen LogP contribution < -0.4 is 25.0 Å². The summed E-state index contributed by atoms with van der Waals surface area (Å²) < 4.78 is 16.4. The summed E-state index contributed by atoms with van der Waals surface area (Å²) in [5, 5.41) is 6.29. The monoisotopic (exact) mass is 475 g/mol. The van der Waals surface area contributed by atoms with E-state index >= 15 is 0 Å². The molecule has 0 aromatic heterocycles. The lowest BCUT2D eigenvalue weighted by Gasteiger charge is -2.11. The van der Waals surface area contributed by atoms with Crippen molar-refractivity contribution in [2.45, 2.75) is 13.8 Å². The third-order valence-corrected chi connectivity index (χ3v) is 4.49. The van der Waals surface area contributed by atoms with E-state index in [0.29, 0.717) is 41.5 Å². The van der Waals surface area contributed by atoms with E-state index in [9.17, 15) is 14.4 Å². The average Bonchev–Trinajstić information content (AvgIpc) is 2.87. The summed E-state index contributed by atoms with van der Waals surface area (Å²) >= 11 is 0. The maximum absolute atomic E-state index is 12.3. The minimum Gasteiger partial charge on any atom is -0.494 e. The number of hydrogen-bond donors (Lipinski definition) is 2. The zero-order valence-electron chi connectivity index (χ0n) is 19.3. The van der Waals surface area contributed by atoms with Gasteiger partial charge in [0.25, 0.3) is 0 Å². The lowest BCUT2D eigenvalue weighted by molar-refractivity contribution is -0.136. The van der Waals surface area contributed by atoms with Gasteiger partial charge in [-0.1, -0.05) is 18.2 Å². The van der Waals surface area contributed by atoms with E-state index in [0.717, 1.165) is 0 Å². The molecule has 2 N–H and O–H groups in total. The van der Waals surface area contributed by atoms with Gasteiger partial charge in [-0.05, 0) is 74.0 Å². The normalized spacial score (nSPS) is 10.5. The number of rotatable bonds is 9. The van der Waals surface area contributed by atoms with Crippen LogP contribution in [0, 0.1) is 0 Å². The Morgan fingerprint density at radius 1 is 0.829 bits per heavy atom. The van der Waals surface area contributed by atoms with Crippen molar-refractivity contribution in [3.63, 3.8) is 0 Å². The number of anilines is 1. The van der Waals surface area contributed by atoms with Crippen LogP contribution in [0.4, 0.5) is 5.69 Å². The van der Waals surface area contributed by atoms with Gasteiger partial charge in [0.1, 0.15) is 5.75 Å². The maximum Gasteiger partial charge on any atom is 0.343 e. The van der Waals surface area contributed by atoms with Gasteiger partial charge in [0, 0.05) is 5.69 Å². The lowest BCUT2D eigenvalue weighted by Crippen LogP contribution is -2.32. The van der Waals surface area contributed by atoms with E-state index in [2.05, 4.69) is 15.8 Å². The number of nitrogens with zero attached hydrogens (tertiary/aromatic N) is 1. The molecule has 35 heavy (non-hydrogen) atoms. The van der Waals surface area contributed by atoms with Crippen molar-refractivity contribution in [3.8, 4) is 17.2 Å². The molecule has 0 unspecified atom stereocenters. The van der Waals surface area contributed by atoms with Crippen LogP contribution in [0.25, 0.3) is 0 Å². The summed E-state index contributed by atoms with van der Waals surface area (Å²) in [6.07, 6.45) is 1.34. The lowest BCUT2D eigenvalue weighted by atomic mass is 10.2. The van der Waals surface area contributed by atoms with Crippen molar-refractivity contribution in [1.82, 2.24) is 5.43 Å². The van der Waals surface area contributed by atoms with Gasteiger partial charge in [-0.15, -0.1) is 0 Å². The highest BCUT2D eigenvalue weighted by atomic mass is 16.6. The van der Waals surface area contributed by atoms with Gasteiger partial charge in [-0.2, -0.15) is 5.10 Å². The van der Waals surface area contributed by atoms with Crippen molar-refractivity contribution in [2.75, 3.05) is 18.5 Å². The molecule has 0 bridgehead atoms. The molecule has 0 aliphatic carbocycles. The van der Waals surface area contributed by atoms with Crippen LogP contribution in [0.2, 0.25) is 0 Å². The van der Waals surface area contributed by atoms with Crippen LogP contribution in [0.5, 0.6) is 17.2 Å². The second-order valence-corrected chi connectivity index (χ2v) is 7.01. The summed E-state index contributed by atoms with van der Waals surface area (Å²) in [7, 11) is 0. The molecule has 0 saturated carbocycles. The maximum atomic E-state index is 12.3.